The Hall–Kier alpha value is -1.29. The molecule has 0 bridgehead atoms. The van der Waals surface area contributed by atoms with Gasteiger partial charge in [-0.25, -0.2) is 9.07 Å². The maximum Gasteiger partial charge on any atom is 0.225 e. The summed E-state index contributed by atoms with van der Waals surface area (Å²) in [7, 11) is 0. The molecule has 1 aromatic rings. The molecule has 0 radical (unpaired) electrons. The third kappa shape index (κ3) is 1.85. The summed E-state index contributed by atoms with van der Waals surface area (Å²) in [4.78, 5) is 14.5. The van der Waals surface area contributed by atoms with Crippen molar-refractivity contribution in [3.8, 4) is 0 Å². The number of carbonyl (C=O) groups is 1. The van der Waals surface area contributed by atoms with Crippen LogP contribution in [0, 0.1) is 0 Å². The SMILES string of the molecule is C=Cc1cn(Cl)c(CC(N)=O)n1. The molecule has 2 N–H and O–H groups in total. The molecule has 0 aromatic carbocycles. The summed E-state index contributed by atoms with van der Waals surface area (Å²) in [6.07, 6.45) is 3.15. The van der Waals surface area contributed by atoms with Crippen LogP contribution >= 0.6 is 11.8 Å². The number of carbonyl (C=O) groups excluding carboxylic acids is 1. The van der Waals surface area contributed by atoms with Crippen LogP contribution in [0.5, 0.6) is 0 Å². The minimum Gasteiger partial charge on any atom is -0.369 e. The average molecular weight is 186 g/mol. The van der Waals surface area contributed by atoms with Gasteiger partial charge in [-0.05, 0) is 6.08 Å². The fourth-order valence-electron chi connectivity index (χ4n) is 0.786. The van der Waals surface area contributed by atoms with Crippen molar-refractivity contribution in [2.24, 2.45) is 5.73 Å². The second kappa shape index (κ2) is 3.40. The molecule has 1 heterocycles. The number of imidazole rings is 1. The van der Waals surface area contributed by atoms with E-state index < -0.39 is 5.91 Å². The van der Waals surface area contributed by atoms with Gasteiger partial charge in [-0.15, -0.1) is 0 Å². The summed E-state index contributed by atoms with van der Waals surface area (Å²) >= 11 is 5.67. The molecular weight excluding hydrogens is 178 g/mol. The molecule has 1 rings (SSSR count). The number of amides is 1. The minimum atomic E-state index is -0.460. The Morgan fingerprint density at radius 2 is 2.58 bits per heavy atom. The zero-order valence-electron chi connectivity index (χ0n) is 6.33. The number of rotatable bonds is 3. The van der Waals surface area contributed by atoms with Crippen LogP contribution in [0.15, 0.2) is 12.8 Å². The Balaban J connectivity index is 2.91. The molecule has 0 atom stereocenters. The zero-order chi connectivity index (χ0) is 9.14. The lowest BCUT2D eigenvalue weighted by Crippen LogP contribution is -2.15. The fourth-order valence-corrected chi connectivity index (χ4v) is 0.983. The molecule has 0 saturated carbocycles. The lowest BCUT2D eigenvalue weighted by atomic mass is 10.4. The Morgan fingerprint density at radius 1 is 1.92 bits per heavy atom. The van der Waals surface area contributed by atoms with E-state index in [0.717, 1.165) is 0 Å². The lowest BCUT2D eigenvalue weighted by Gasteiger charge is -1.92. The van der Waals surface area contributed by atoms with Crippen molar-refractivity contribution in [3.05, 3.63) is 24.3 Å². The number of nitrogens with two attached hydrogens (primary N) is 1. The Bertz CT molecular complexity index is 318. The first-order valence-corrected chi connectivity index (χ1v) is 3.62. The first kappa shape index (κ1) is 8.80. The fraction of sp³-hybridized carbons (Fsp3) is 0.143. The lowest BCUT2D eigenvalue weighted by molar-refractivity contribution is -0.117. The van der Waals surface area contributed by atoms with E-state index in [1.807, 2.05) is 0 Å². The van der Waals surface area contributed by atoms with Gasteiger partial charge in [0.05, 0.1) is 12.1 Å². The van der Waals surface area contributed by atoms with Gasteiger partial charge in [0, 0.05) is 18.0 Å². The minimum absolute atomic E-state index is 0.0390. The molecule has 64 valence electrons. The van der Waals surface area contributed by atoms with Crippen molar-refractivity contribution in [1.29, 1.82) is 0 Å². The molecule has 1 aromatic heterocycles. The Morgan fingerprint density at radius 3 is 3.00 bits per heavy atom. The third-order valence-corrected chi connectivity index (χ3v) is 1.58. The van der Waals surface area contributed by atoms with Crippen LogP contribution in [0.25, 0.3) is 6.08 Å². The average Bonchev–Trinajstić information content (AvgIpc) is 2.31. The van der Waals surface area contributed by atoms with Crippen LogP contribution in [0.3, 0.4) is 0 Å². The van der Waals surface area contributed by atoms with E-state index in [-0.39, 0.29) is 6.42 Å². The van der Waals surface area contributed by atoms with Gasteiger partial charge in [-0.1, -0.05) is 6.58 Å². The van der Waals surface area contributed by atoms with Gasteiger partial charge < -0.3 is 5.73 Å². The van der Waals surface area contributed by atoms with Crippen LogP contribution in [0.1, 0.15) is 11.5 Å². The highest BCUT2D eigenvalue weighted by Crippen LogP contribution is 2.06. The summed E-state index contributed by atoms with van der Waals surface area (Å²) in [5.41, 5.74) is 5.59. The summed E-state index contributed by atoms with van der Waals surface area (Å²) in [6, 6.07) is 0. The van der Waals surface area contributed by atoms with Crippen molar-refractivity contribution in [3.63, 3.8) is 0 Å². The smallest absolute Gasteiger partial charge is 0.225 e. The largest absolute Gasteiger partial charge is 0.369 e. The van der Waals surface area contributed by atoms with Crippen molar-refractivity contribution < 1.29 is 4.79 Å². The normalized spacial score (nSPS) is 9.75. The Kier molecular flexibility index (Phi) is 2.50. The summed E-state index contributed by atoms with van der Waals surface area (Å²) < 4.78 is 1.24. The van der Waals surface area contributed by atoms with E-state index in [4.69, 9.17) is 17.5 Å². The molecule has 0 spiro atoms. The molecule has 4 nitrogen and oxygen atoms in total. The molecule has 0 saturated heterocycles. The van der Waals surface area contributed by atoms with Crippen LogP contribution in [-0.2, 0) is 11.2 Å². The molecule has 0 unspecified atom stereocenters. The topological polar surface area (TPSA) is 60.9 Å². The monoisotopic (exact) mass is 185 g/mol. The van der Waals surface area contributed by atoms with E-state index in [1.165, 1.54) is 4.09 Å². The molecule has 0 aliphatic rings. The third-order valence-electron chi connectivity index (χ3n) is 1.29. The summed E-state index contributed by atoms with van der Waals surface area (Å²) in [5.74, 6) is -0.0304. The maximum atomic E-state index is 10.5. The molecule has 12 heavy (non-hydrogen) atoms. The highest BCUT2D eigenvalue weighted by Gasteiger charge is 2.06. The van der Waals surface area contributed by atoms with Crippen LogP contribution in [0.4, 0.5) is 0 Å². The van der Waals surface area contributed by atoms with Crippen molar-refractivity contribution in [2.45, 2.75) is 6.42 Å². The maximum absolute atomic E-state index is 10.5. The van der Waals surface area contributed by atoms with Gasteiger partial charge in [0.15, 0.2) is 0 Å². The van der Waals surface area contributed by atoms with E-state index in [2.05, 4.69) is 11.6 Å². The van der Waals surface area contributed by atoms with Gasteiger partial charge in [0.1, 0.15) is 5.82 Å². The quantitative estimate of drug-likeness (QED) is 0.748. The highest BCUT2D eigenvalue weighted by atomic mass is 35.5. The van der Waals surface area contributed by atoms with E-state index in [0.29, 0.717) is 11.5 Å². The number of primary amides is 1. The van der Waals surface area contributed by atoms with Gasteiger partial charge in [-0.3, -0.25) is 4.79 Å². The van der Waals surface area contributed by atoms with Crippen LogP contribution < -0.4 is 5.73 Å². The number of hydrogen-bond acceptors (Lipinski definition) is 2. The van der Waals surface area contributed by atoms with Gasteiger partial charge in [0.2, 0.25) is 5.91 Å². The highest BCUT2D eigenvalue weighted by molar-refractivity contribution is 6.15. The summed E-state index contributed by atoms with van der Waals surface area (Å²) in [6.45, 7) is 3.51. The molecule has 0 aliphatic carbocycles. The van der Waals surface area contributed by atoms with Crippen molar-refractivity contribution in [1.82, 2.24) is 9.07 Å². The second-order valence-electron chi connectivity index (χ2n) is 2.24. The van der Waals surface area contributed by atoms with Gasteiger partial charge in [0.25, 0.3) is 0 Å². The number of hydrogen-bond donors (Lipinski definition) is 1. The molecule has 0 fully saturated rings. The number of nitrogens with zero attached hydrogens (tertiary/aromatic N) is 2. The zero-order valence-corrected chi connectivity index (χ0v) is 7.08. The van der Waals surface area contributed by atoms with E-state index in [9.17, 15) is 4.79 Å². The van der Waals surface area contributed by atoms with Crippen LogP contribution in [0.2, 0.25) is 0 Å². The first-order valence-electron chi connectivity index (χ1n) is 3.28. The summed E-state index contributed by atoms with van der Waals surface area (Å²) in [5, 5.41) is 0. The molecule has 0 aliphatic heterocycles. The Labute approximate surface area is 74.8 Å². The number of aromatic nitrogens is 2. The molecule has 1 amide bonds. The van der Waals surface area contributed by atoms with E-state index >= 15 is 0 Å². The predicted octanol–water partition coefficient (Wildman–Crippen LogP) is 0.556. The molecular formula is C7H8ClN3O. The standard InChI is InChI=1S/C7H8ClN3O/c1-2-5-4-11(8)7(10-5)3-6(9)12/h2,4H,1,3H2,(H2,9,12). The molecule has 5 heteroatoms. The van der Waals surface area contributed by atoms with Gasteiger partial charge in [-0.2, -0.15) is 0 Å². The van der Waals surface area contributed by atoms with Gasteiger partial charge >= 0.3 is 0 Å². The second-order valence-corrected chi connectivity index (χ2v) is 2.60. The van der Waals surface area contributed by atoms with Crippen molar-refractivity contribution >= 4 is 23.8 Å². The van der Waals surface area contributed by atoms with Crippen molar-refractivity contribution in [2.75, 3.05) is 0 Å². The predicted molar refractivity (Wildman–Crippen MR) is 46.5 cm³/mol. The number of halogens is 1. The van der Waals surface area contributed by atoms with E-state index in [1.54, 1.807) is 12.3 Å². The first-order chi connectivity index (χ1) is 5.63. The van der Waals surface area contributed by atoms with Crippen LogP contribution in [-0.4, -0.2) is 15.0 Å².